The van der Waals surface area contributed by atoms with E-state index >= 15 is 0 Å². The van der Waals surface area contributed by atoms with Gasteiger partial charge in [-0.15, -0.1) is 11.3 Å². The molecule has 0 aliphatic carbocycles. The van der Waals surface area contributed by atoms with Crippen LogP contribution in [0.1, 0.15) is 40.7 Å². The molecule has 1 N–H and O–H groups in total. The topological polar surface area (TPSA) is 93.1 Å². The second-order valence-corrected chi connectivity index (χ2v) is 9.98. The minimum Gasteiger partial charge on any atom is -0.507 e. The number of halogens is 1. The summed E-state index contributed by atoms with van der Waals surface area (Å²) in [5.41, 5.74) is 0.844. The first-order valence-corrected chi connectivity index (χ1v) is 12.4. The van der Waals surface area contributed by atoms with E-state index in [4.69, 9.17) is 21.1 Å². The van der Waals surface area contributed by atoms with Gasteiger partial charge in [-0.2, -0.15) is 0 Å². The van der Waals surface area contributed by atoms with Gasteiger partial charge in [-0.1, -0.05) is 31.5 Å². The Labute approximate surface area is 217 Å². The van der Waals surface area contributed by atoms with Crippen LogP contribution < -0.4 is 9.64 Å². The molecule has 1 atom stereocenters. The second kappa shape index (κ2) is 10.6. The van der Waals surface area contributed by atoms with Crippen molar-refractivity contribution in [2.45, 2.75) is 19.9 Å². The highest BCUT2D eigenvalue weighted by atomic mass is 35.5. The molecule has 4 rings (SSSR count). The molecular weight excluding hydrogens is 502 g/mol. The number of hydrogen-bond acceptors (Lipinski definition) is 7. The van der Waals surface area contributed by atoms with E-state index in [1.165, 1.54) is 29.4 Å². The van der Waals surface area contributed by atoms with Gasteiger partial charge in [-0.3, -0.25) is 14.5 Å². The molecule has 0 bridgehead atoms. The molecule has 9 heteroatoms. The standard InChI is InChI=1S/C27H24ClNO6S/c1-15(2)14-35-27(33)16-6-9-18(10-7-16)29-23(21-5-4-12-36-21)22(25(31)26(29)32)24(30)19-13-17(28)8-11-20(19)34-3/h4-13,15,23,30H,14H2,1-3H3/b24-22-. The number of methoxy groups -OCH3 is 1. The molecule has 0 saturated carbocycles. The molecule has 1 aliphatic heterocycles. The SMILES string of the molecule is COc1ccc(Cl)cc1/C(O)=C1/C(=O)C(=O)N(c2ccc(C(=O)OCC(C)C)cc2)C1c1cccs1. The molecular formula is C27H24ClNO6S. The molecule has 1 unspecified atom stereocenters. The van der Waals surface area contributed by atoms with Crippen LogP contribution in [-0.2, 0) is 14.3 Å². The van der Waals surface area contributed by atoms with E-state index < -0.39 is 23.7 Å². The van der Waals surface area contributed by atoms with Crippen LogP contribution in [0.3, 0.4) is 0 Å². The zero-order chi connectivity index (χ0) is 26.0. The molecule has 3 aromatic rings. The highest BCUT2D eigenvalue weighted by Gasteiger charge is 2.47. The normalized spacial score (nSPS) is 17.0. The Kier molecular flexibility index (Phi) is 7.47. The quantitative estimate of drug-likeness (QED) is 0.180. The Morgan fingerprint density at radius 1 is 1.14 bits per heavy atom. The van der Waals surface area contributed by atoms with Gasteiger partial charge in [0.2, 0.25) is 0 Å². The van der Waals surface area contributed by atoms with Crippen molar-refractivity contribution in [1.82, 2.24) is 0 Å². The maximum absolute atomic E-state index is 13.3. The fourth-order valence-electron chi connectivity index (χ4n) is 3.91. The van der Waals surface area contributed by atoms with Crippen molar-refractivity contribution in [3.05, 3.63) is 86.6 Å². The number of aliphatic hydroxyl groups excluding tert-OH is 1. The van der Waals surface area contributed by atoms with Gasteiger partial charge in [-0.05, 0) is 59.8 Å². The maximum atomic E-state index is 13.3. The van der Waals surface area contributed by atoms with Crippen LogP contribution in [0, 0.1) is 5.92 Å². The Morgan fingerprint density at radius 2 is 1.86 bits per heavy atom. The number of anilines is 1. The maximum Gasteiger partial charge on any atom is 0.338 e. The molecule has 2 aromatic carbocycles. The number of thiophene rings is 1. The minimum absolute atomic E-state index is 0.0802. The number of amides is 1. The summed E-state index contributed by atoms with van der Waals surface area (Å²) in [6, 6.07) is 13.6. The summed E-state index contributed by atoms with van der Waals surface area (Å²) in [5, 5.41) is 13.4. The lowest BCUT2D eigenvalue weighted by atomic mass is 9.99. The lowest BCUT2D eigenvalue weighted by Crippen LogP contribution is -2.29. The molecule has 186 valence electrons. The van der Waals surface area contributed by atoms with E-state index in [2.05, 4.69) is 0 Å². The Balaban J connectivity index is 1.79. The second-order valence-electron chi connectivity index (χ2n) is 8.57. The summed E-state index contributed by atoms with van der Waals surface area (Å²) in [7, 11) is 1.43. The number of carbonyl (C=O) groups is 3. The van der Waals surface area contributed by atoms with Gasteiger partial charge >= 0.3 is 5.97 Å². The largest absolute Gasteiger partial charge is 0.507 e. The van der Waals surface area contributed by atoms with Crippen molar-refractivity contribution in [1.29, 1.82) is 0 Å². The van der Waals surface area contributed by atoms with Crippen LogP contribution in [-0.4, -0.2) is 36.5 Å². The third kappa shape index (κ3) is 4.87. The van der Waals surface area contributed by atoms with Crippen LogP contribution in [0.2, 0.25) is 5.02 Å². The number of aliphatic hydroxyl groups is 1. The van der Waals surface area contributed by atoms with E-state index in [0.29, 0.717) is 33.5 Å². The fourth-order valence-corrected chi connectivity index (χ4v) is 4.90. The summed E-state index contributed by atoms with van der Waals surface area (Å²) >= 11 is 7.49. The number of hydrogen-bond donors (Lipinski definition) is 1. The average Bonchev–Trinajstić information content (AvgIpc) is 3.49. The first-order valence-electron chi connectivity index (χ1n) is 11.2. The molecule has 7 nitrogen and oxygen atoms in total. The number of Topliss-reactive ketones (excluding diaryl/α,β-unsaturated/α-hetero) is 1. The summed E-state index contributed by atoms with van der Waals surface area (Å²) in [6.07, 6.45) is 0. The lowest BCUT2D eigenvalue weighted by molar-refractivity contribution is -0.132. The van der Waals surface area contributed by atoms with Crippen molar-refractivity contribution in [2.75, 3.05) is 18.6 Å². The molecule has 1 aromatic heterocycles. The summed E-state index contributed by atoms with van der Waals surface area (Å²) < 4.78 is 10.6. The molecule has 0 spiro atoms. The number of nitrogens with zero attached hydrogens (tertiary/aromatic N) is 1. The third-order valence-electron chi connectivity index (χ3n) is 5.60. The van der Waals surface area contributed by atoms with E-state index in [1.807, 2.05) is 19.2 Å². The molecule has 1 amide bonds. The van der Waals surface area contributed by atoms with Crippen molar-refractivity contribution in [3.8, 4) is 5.75 Å². The van der Waals surface area contributed by atoms with E-state index in [-0.39, 0.29) is 22.8 Å². The van der Waals surface area contributed by atoms with Crippen LogP contribution in [0.15, 0.2) is 65.6 Å². The van der Waals surface area contributed by atoms with Gasteiger partial charge in [0.05, 0.1) is 30.4 Å². The Bertz CT molecular complexity index is 1330. The van der Waals surface area contributed by atoms with Crippen LogP contribution in [0.4, 0.5) is 5.69 Å². The van der Waals surface area contributed by atoms with E-state index in [1.54, 1.807) is 48.5 Å². The fraction of sp³-hybridized carbons (Fsp3) is 0.222. The zero-order valence-electron chi connectivity index (χ0n) is 19.9. The van der Waals surface area contributed by atoms with Gasteiger partial charge in [0.1, 0.15) is 17.6 Å². The van der Waals surface area contributed by atoms with Crippen molar-refractivity contribution in [2.24, 2.45) is 5.92 Å². The lowest BCUT2D eigenvalue weighted by Gasteiger charge is -2.24. The molecule has 1 fully saturated rings. The number of benzene rings is 2. The predicted molar refractivity (Wildman–Crippen MR) is 139 cm³/mol. The van der Waals surface area contributed by atoms with E-state index in [0.717, 1.165) is 0 Å². The number of carbonyl (C=O) groups excluding carboxylic acids is 3. The summed E-state index contributed by atoms with van der Waals surface area (Å²) in [4.78, 5) is 40.8. The summed E-state index contributed by atoms with van der Waals surface area (Å²) in [6.45, 7) is 4.17. The molecule has 1 aliphatic rings. The van der Waals surface area contributed by atoms with Gasteiger partial charge in [-0.25, -0.2) is 4.79 Å². The van der Waals surface area contributed by atoms with Crippen molar-refractivity contribution < 1.29 is 29.0 Å². The van der Waals surface area contributed by atoms with E-state index in [9.17, 15) is 19.5 Å². The Hall–Kier alpha value is -3.62. The highest BCUT2D eigenvalue weighted by Crippen LogP contribution is 2.44. The predicted octanol–water partition coefficient (Wildman–Crippen LogP) is 5.85. The van der Waals surface area contributed by atoms with Crippen LogP contribution in [0.5, 0.6) is 5.75 Å². The molecule has 36 heavy (non-hydrogen) atoms. The highest BCUT2D eigenvalue weighted by molar-refractivity contribution is 7.10. The van der Waals surface area contributed by atoms with Crippen LogP contribution in [0.25, 0.3) is 5.76 Å². The number of rotatable bonds is 7. The number of ether oxygens (including phenoxy) is 2. The van der Waals surface area contributed by atoms with Gasteiger partial charge in [0, 0.05) is 15.6 Å². The zero-order valence-corrected chi connectivity index (χ0v) is 21.4. The Morgan fingerprint density at radius 3 is 2.47 bits per heavy atom. The average molecular weight is 526 g/mol. The molecule has 2 heterocycles. The van der Waals surface area contributed by atoms with Gasteiger partial charge in [0.25, 0.3) is 11.7 Å². The van der Waals surface area contributed by atoms with Gasteiger partial charge in [0.15, 0.2) is 0 Å². The minimum atomic E-state index is -0.882. The monoisotopic (exact) mass is 525 g/mol. The van der Waals surface area contributed by atoms with Crippen molar-refractivity contribution in [3.63, 3.8) is 0 Å². The first kappa shape index (κ1) is 25.5. The van der Waals surface area contributed by atoms with Crippen LogP contribution >= 0.6 is 22.9 Å². The molecule has 1 saturated heterocycles. The van der Waals surface area contributed by atoms with Crippen molar-refractivity contribution >= 4 is 52.0 Å². The number of ketones is 1. The molecule has 0 radical (unpaired) electrons. The first-order chi connectivity index (χ1) is 17.2. The summed E-state index contributed by atoms with van der Waals surface area (Å²) in [5.74, 6) is -2.00. The smallest absolute Gasteiger partial charge is 0.338 e. The number of esters is 1. The van der Waals surface area contributed by atoms with Gasteiger partial charge < -0.3 is 14.6 Å². The third-order valence-corrected chi connectivity index (χ3v) is 6.76.